The Balaban J connectivity index is 1.22. The van der Waals surface area contributed by atoms with E-state index >= 15 is 0 Å². The Morgan fingerprint density at radius 2 is 1.85 bits per heavy atom. The molecule has 0 atom stereocenters. The summed E-state index contributed by atoms with van der Waals surface area (Å²) >= 11 is 12.6. The number of hydrogen-bond acceptors (Lipinski definition) is 7. The van der Waals surface area contributed by atoms with Crippen molar-refractivity contribution in [3.05, 3.63) is 63.8 Å². The highest BCUT2D eigenvalue weighted by atomic mass is 35.5. The summed E-state index contributed by atoms with van der Waals surface area (Å²) in [6.45, 7) is 5.81. The average molecular weight is 596 g/mol. The second-order valence-corrected chi connectivity index (χ2v) is 11.5. The number of halogens is 2. The minimum atomic E-state index is -0.351. The number of fused-ring (bicyclic) bond motifs is 1. The Kier molecular flexibility index (Phi) is 7.90. The molecule has 0 saturated carbocycles. The lowest BCUT2D eigenvalue weighted by Crippen LogP contribution is -2.43. The van der Waals surface area contributed by atoms with Gasteiger partial charge in [-0.15, -0.1) is 0 Å². The predicted molar refractivity (Wildman–Crippen MR) is 161 cm³/mol. The third-order valence-corrected chi connectivity index (χ3v) is 8.80. The molecule has 214 valence electrons. The van der Waals surface area contributed by atoms with Crippen molar-refractivity contribution in [3.63, 3.8) is 0 Å². The maximum absolute atomic E-state index is 13.2. The molecule has 2 saturated heterocycles. The number of ether oxygens (including phenoxy) is 1. The van der Waals surface area contributed by atoms with Crippen LogP contribution in [0.1, 0.15) is 48.5 Å². The summed E-state index contributed by atoms with van der Waals surface area (Å²) in [5.41, 5.74) is 3.45. The Hall–Kier alpha value is -3.56. The number of nitrogens with zero attached hydrogens (tertiary/aromatic N) is 5. The van der Waals surface area contributed by atoms with E-state index in [-0.39, 0.29) is 35.9 Å². The van der Waals surface area contributed by atoms with E-state index < -0.39 is 0 Å². The van der Waals surface area contributed by atoms with E-state index in [0.717, 1.165) is 68.3 Å². The van der Waals surface area contributed by atoms with E-state index in [0.29, 0.717) is 22.2 Å². The Morgan fingerprint density at radius 3 is 2.54 bits per heavy atom. The molecule has 4 heterocycles. The fourth-order valence-corrected chi connectivity index (χ4v) is 6.19. The molecule has 1 aromatic heterocycles. The van der Waals surface area contributed by atoms with Gasteiger partial charge in [0.2, 0.25) is 17.7 Å². The van der Waals surface area contributed by atoms with Gasteiger partial charge in [0.05, 0.1) is 22.2 Å². The van der Waals surface area contributed by atoms with Crippen molar-refractivity contribution in [1.82, 2.24) is 14.9 Å². The van der Waals surface area contributed by atoms with Gasteiger partial charge in [0.1, 0.15) is 5.56 Å². The molecule has 11 heteroatoms. The number of benzene rings is 2. The highest BCUT2D eigenvalue weighted by Crippen LogP contribution is 2.37. The van der Waals surface area contributed by atoms with Crippen LogP contribution in [0.3, 0.4) is 0 Å². The normalized spacial score (nSPS) is 17.1. The topological polar surface area (TPSA) is 90.9 Å². The number of para-hydroxylation sites is 1. The molecule has 6 rings (SSSR count). The summed E-state index contributed by atoms with van der Waals surface area (Å²) in [7, 11) is 0. The molecule has 3 aromatic rings. The fraction of sp³-hybridized carbons (Fsp3) is 0.400. The largest absolute Gasteiger partial charge is 0.455 e. The Morgan fingerprint density at radius 1 is 1.10 bits per heavy atom. The first kappa shape index (κ1) is 27.6. The van der Waals surface area contributed by atoms with Crippen LogP contribution < -0.4 is 19.9 Å². The van der Waals surface area contributed by atoms with Crippen LogP contribution >= 0.6 is 23.2 Å². The standard InChI is InChI=1S/C30H32Cl2N6O3/c1-2-19-9-13-36(14-10-19)25-8-7-21(15-20(25)16-26(39)37-11-4-12-37)34-30-33-17-22-28(35-30)41-18-38(29(22)40)27-23(31)5-3-6-24(27)32/h3,5-8,15,17,19H,2,4,9-14,16,18H2,1H3,(H,33,34,35). The number of likely N-dealkylation sites (tertiary alicyclic amines) is 1. The first-order valence-corrected chi connectivity index (χ1v) is 14.8. The van der Waals surface area contributed by atoms with Gasteiger partial charge < -0.3 is 19.9 Å². The number of piperidine rings is 1. The smallest absolute Gasteiger partial charge is 0.268 e. The van der Waals surface area contributed by atoms with Gasteiger partial charge in [0.15, 0.2) is 6.73 Å². The summed E-state index contributed by atoms with van der Waals surface area (Å²) in [6, 6.07) is 11.1. The lowest BCUT2D eigenvalue weighted by atomic mass is 9.93. The second-order valence-electron chi connectivity index (χ2n) is 10.7. The van der Waals surface area contributed by atoms with Crippen LogP contribution in [0.4, 0.5) is 23.0 Å². The number of aromatic nitrogens is 2. The van der Waals surface area contributed by atoms with Gasteiger partial charge in [-0.1, -0.05) is 42.6 Å². The predicted octanol–water partition coefficient (Wildman–Crippen LogP) is 5.92. The Bertz CT molecular complexity index is 1450. The quantitative estimate of drug-likeness (QED) is 0.363. The van der Waals surface area contributed by atoms with E-state index in [1.54, 1.807) is 18.2 Å². The fourth-order valence-electron chi connectivity index (χ4n) is 5.59. The minimum absolute atomic E-state index is 0.0854. The monoisotopic (exact) mass is 594 g/mol. The molecule has 0 aliphatic carbocycles. The summed E-state index contributed by atoms with van der Waals surface area (Å²) in [4.78, 5) is 40.7. The zero-order chi connectivity index (χ0) is 28.5. The number of nitrogens with one attached hydrogen (secondary N) is 1. The summed E-state index contributed by atoms with van der Waals surface area (Å²) in [5, 5.41) is 3.93. The number of carbonyl (C=O) groups is 2. The van der Waals surface area contributed by atoms with E-state index in [9.17, 15) is 9.59 Å². The van der Waals surface area contributed by atoms with Crippen molar-refractivity contribution in [2.45, 2.75) is 39.0 Å². The third kappa shape index (κ3) is 5.65. The maximum Gasteiger partial charge on any atom is 0.268 e. The summed E-state index contributed by atoms with van der Waals surface area (Å²) in [5.74, 6) is 1.03. The molecule has 9 nitrogen and oxygen atoms in total. The number of amides is 2. The zero-order valence-electron chi connectivity index (χ0n) is 22.9. The SMILES string of the molecule is CCC1CCN(c2ccc(Nc3ncc4c(n3)OCN(c3c(Cl)cccc3Cl)C4=O)cc2CC(=O)N2CCC2)CC1. The molecule has 2 fully saturated rings. The van der Waals surface area contributed by atoms with Crippen LogP contribution in [-0.4, -0.2) is 59.6 Å². The highest BCUT2D eigenvalue weighted by molar-refractivity contribution is 6.40. The highest BCUT2D eigenvalue weighted by Gasteiger charge is 2.31. The van der Waals surface area contributed by atoms with Gasteiger partial charge in [-0.3, -0.25) is 14.5 Å². The number of carbonyl (C=O) groups excluding carboxylic acids is 2. The summed E-state index contributed by atoms with van der Waals surface area (Å²) in [6.07, 6.45) is 6.38. The Labute approximate surface area is 249 Å². The van der Waals surface area contributed by atoms with Crippen molar-refractivity contribution in [2.75, 3.05) is 48.0 Å². The lowest BCUT2D eigenvalue weighted by molar-refractivity contribution is -0.133. The van der Waals surface area contributed by atoms with Gasteiger partial charge in [-0.2, -0.15) is 4.98 Å². The molecule has 1 N–H and O–H groups in total. The van der Waals surface area contributed by atoms with Crippen LogP contribution in [0.5, 0.6) is 5.88 Å². The van der Waals surface area contributed by atoms with Crippen molar-refractivity contribution < 1.29 is 14.3 Å². The van der Waals surface area contributed by atoms with Gasteiger partial charge >= 0.3 is 0 Å². The molecule has 2 amide bonds. The van der Waals surface area contributed by atoms with Crippen LogP contribution in [0.15, 0.2) is 42.6 Å². The maximum atomic E-state index is 13.2. The zero-order valence-corrected chi connectivity index (χ0v) is 24.4. The van der Waals surface area contributed by atoms with Crippen LogP contribution in [0.2, 0.25) is 10.0 Å². The van der Waals surface area contributed by atoms with Crippen LogP contribution in [0.25, 0.3) is 0 Å². The van der Waals surface area contributed by atoms with Crippen molar-refractivity contribution in [3.8, 4) is 5.88 Å². The van der Waals surface area contributed by atoms with Crippen LogP contribution in [0, 0.1) is 5.92 Å². The van der Waals surface area contributed by atoms with Gasteiger partial charge in [-0.05, 0) is 61.1 Å². The second kappa shape index (κ2) is 11.7. The lowest BCUT2D eigenvalue weighted by Gasteiger charge is -2.35. The molecular weight excluding hydrogens is 563 g/mol. The van der Waals surface area contributed by atoms with Crippen molar-refractivity contribution in [2.24, 2.45) is 5.92 Å². The van der Waals surface area contributed by atoms with Gasteiger partial charge in [-0.25, -0.2) is 4.98 Å². The number of hydrogen-bond donors (Lipinski definition) is 1. The third-order valence-electron chi connectivity index (χ3n) is 8.19. The average Bonchev–Trinajstić information content (AvgIpc) is 2.93. The molecule has 3 aliphatic rings. The first-order valence-electron chi connectivity index (χ1n) is 14.1. The molecule has 41 heavy (non-hydrogen) atoms. The van der Waals surface area contributed by atoms with Gasteiger partial charge in [0, 0.05) is 43.8 Å². The molecule has 3 aliphatic heterocycles. The summed E-state index contributed by atoms with van der Waals surface area (Å²) < 4.78 is 5.83. The first-order chi connectivity index (χ1) is 19.9. The van der Waals surface area contributed by atoms with Crippen molar-refractivity contribution >= 4 is 58.0 Å². The molecule has 0 spiro atoms. The molecular formula is C30H32Cl2N6O3. The van der Waals surface area contributed by atoms with E-state index in [1.165, 1.54) is 17.5 Å². The van der Waals surface area contributed by atoms with Crippen molar-refractivity contribution in [1.29, 1.82) is 0 Å². The van der Waals surface area contributed by atoms with E-state index in [4.69, 9.17) is 27.9 Å². The van der Waals surface area contributed by atoms with Crippen LogP contribution in [-0.2, 0) is 11.2 Å². The van der Waals surface area contributed by atoms with Gasteiger partial charge in [0.25, 0.3) is 5.91 Å². The number of rotatable bonds is 7. The molecule has 0 radical (unpaired) electrons. The van der Waals surface area contributed by atoms with E-state index in [1.807, 2.05) is 17.0 Å². The molecule has 0 bridgehead atoms. The molecule has 0 unspecified atom stereocenters. The minimum Gasteiger partial charge on any atom is -0.455 e. The van der Waals surface area contributed by atoms with E-state index in [2.05, 4.69) is 33.2 Å². The molecule has 2 aromatic carbocycles. The number of anilines is 4.